The van der Waals surface area contributed by atoms with Crippen molar-refractivity contribution in [1.82, 2.24) is 25.3 Å². The Kier molecular flexibility index (Phi) is 9.97. The van der Waals surface area contributed by atoms with Crippen molar-refractivity contribution in [3.63, 3.8) is 0 Å². The van der Waals surface area contributed by atoms with Crippen LogP contribution in [-0.2, 0) is 24.8 Å². The Morgan fingerprint density at radius 2 is 2.04 bits per heavy atom. The summed E-state index contributed by atoms with van der Waals surface area (Å²) >= 11 is 0. The van der Waals surface area contributed by atoms with Crippen LogP contribution in [0.25, 0.3) is 0 Å². The molecule has 1 aliphatic carbocycles. The second kappa shape index (κ2) is 11.4. The molecule has 2 rings (SSSR count). The maximum absolute atomic E-state index is 11.9. The lowest BCUT2D eigenvalue weighted by Gasteiger charge is -2.25. The summed E-state index contributed by atoms with van der Waals surface area (Å²) in [7, 11) is 5.46. The zero-order chi connectivity index (χ0) is 18.2. The van der Waals surface area contributed by atoms with Crippen molar-refractivity contribution in [3.05, 3.63) is 17.5 Å². The van der Waals surface area contributed by atoms with E-state index in [9.17, 15) is 4.79 Å². The number of aromatic nitrogens is 2. The molecule has 1 heterocycles. The predicted molar refractivity (Wildman–Crippen MR) is 116 cm³/mol. The SMILES string of the molecule is CCc1nn(C)cc1CN=C(NCC(=O)N(C)C)NC1CCCCC1.I. The number of hydrogen-bond acceptors (Lipinski definition) is 3. The molecule has 0 bridgehead atoms. The average Bonchev–Trinajstić information content (AvgIpc) is 2.97. The number of nitrogens with zero attached hydrogens (tertiary/aromatic N) is 4. The van der Waals surface area contributed by atoms with Crippen LogP contribution in [0.4, 0.5) is 0 Å². The molecule has 1 amide bonds. The third-order valence-electron chi connectivity index (χ3n) is 4.59. The normalized spacial score (nSPS) is 15.3. The van der Waals surface area contributed by atoms with Crippen LogP contribution in [0.2, 0.25) is 0 Å². The molecule has 1 aliphatic rings. The Labute approximate surface area is 174 Å². The van der Waals surface area contributed by atoms with Gasteiger partial charge >= 0.3 is 0 Å². The van der Waals surface area contributed by atoms with E-state index in [-0.39, 0.29) is 36.4 Å². The van der Waals surface area contributed by atoms with E-state index >= 15 is 0 Å². The van der Waals surface area contributed by atoms with Crippen LogP contribution < -0.4 is 10.6 Å². The molecule has 0 unspecified atom stereocenters. The van der Waals surface area contributed by atoms with Gasteiger partial charge in [-0.05, 0) is 19.3 Å². The number of rotatable bonds is 6. The highest BCUT2D eigenvalue weighted by Gasteiger charge is 2.16. The van der Waals surface area contributed by atoms with Crippen molar-refractivity contribution in [2.75, 3.05) is 20.6 Å². The van der Waals surface area contributed by atoms with Crippen LogP contribution in [0.1, 0.15) is 50.3 Å². The van der Waals surface area contributed by atoms with Crippen molar-refractivity contribution in [1.29, 1.82) is 0 Å². The Hall–Kier alpha value is -1.32. The van der Waals surface area contributed by atoms with Gasteiger partial charge in [-0.2, -0.15) is 5.10 Å². The van der Waals surface area contributed by atoms with E-state index in [0.29, 0.717) is 18.5 Å². The number of carbonyl (C=O) groups is 1. The molecule has 0 spiro atoms. The standard InChI is InChI=1S/C18H32N6O.HI/c1-5-16-14(13-24(4)22-16)11-19-18(20-12-17(25)23(2)3)21-15-9-7-6-8-10-15;/h13,15H,5-12H2,1-4H3,(H2,19,20,21);1H. The minimum absolute atomic E-state index is 0. The average molecular weight is 476 g/mol. The van der Waals surface area contributed by atoms with Gasteiger partial charge in [0.05, 0.1) is 18.8 Å². The molecule has 0 atom stereocenters. The van der Waals surface area contributed by atoms with Gasteiger partial charge in [0.15, 0.2) is 5.96 Å². The summed E-state index contributed by atoms with van der Waals surface area (Å²) in [5.41, 5.74) is 2.21. The molecule has 7 nitrogen and oxygen atoms in total. The zero-order valence-electron chi connectivity index (χ0n) is 16.4. The van der Waals surface area contributed by atoms with Crippen LogP contribution >= 0.6 is 24.0 Å². The molecule has 0 aromatic carbocycles. The smallest absolute Gasteiger partial charge is 0.241 e. The van der Waals surface area contributed by atoms with Gasteiger partial charge < -0.3 is 15.5 Å². The van der Waals surface area contributed by atoms with E-state index < -0.39 is 0 Å². The van der Waals surface area contributed by atoms with Crippen LogP contribution in [-0.4, -0.2) is 53.2 Å². The van der Waals surface area contributed by atoms with Crippen LogP contribution in [0.5, 0.6) is 0 Å². The third kappa shape index (κ3) is 7.13. The van der Waals surface area contributed by atoms with Gasteiger partial charge in [-0.25, -0.2) is 4.99 Å². The number of halogens is 1. The Balaban J connectivity index is 0.00000338. The molecule has 1 saturated carbocycles. The molecule has 1 aromatic rings. The van der Waals surface area contributed by atoms with Gasteiger partial charge in [0.1, 0.15) is 0 Å². The number of guanidine groups is 1. The maximum atomic E-state index is 11.9. The molecule has 0 aliphatic heterocycles. The largest absolute Gasteiger partial charge is 0.354 e. The van der Waals surface area contributed by atoms with Crippen molar-refractivity contribution in [2.45, 2.75) is 58.0 Å². The molecule has 26 heavy (non-hydrogen) atoms. The van der Waals surface area contributed by atoms with E-state index in [4.69, 9.17) is 4.99 Å². The first-order chi connectivity index (χ1) is 12.0. The number of hydrogen-bond donors (Lipinski definition) is 2. The fourth-order valence-corrected chi connectivity index (χ4v) is 3.09. The van der Waals surface area contributed by atoms with E-state index in [2.05, 4.69) is 22.7 Å². The fourth-order valence-electron chi connectivity index (χ4n) is 3.09. The van der Waals surface area contributed by atoms with Gasteiger partial charge in [0, 0.05) is 38.9 Å². The zero-order valence-corrected chi connectivity index (χ0v) is 18.7. The van der Waals surface area contributed by atoms with E-state index in [1.165, 1.54) is 19.3 Å². The molecule has 1 fully saturated rings. The number of amides is 1. The van der Waals surface area contributed by atoms with Gasteiger partial charge in [-0.3, -0.25) is 9.48 Å². The summed E-state index contributed by atoms with van der Waals surface area (Å²) < 4.78 is 1.83. The Bertz CT molecular complexity index is 593. The lowest BCUT2D eigenvalue weighted by Crippen LogP contribution is -2.47. The highest BCUT2D eigenvalue weighted by atomic mass is 127. The first kappa shape index (κ1) is 22.7. The summed E-state index contributed by atoms with van der Waals surface area (Å²) in [6.07, 6.45) is 9.06. The number of likely N-dealkylation sites (N-methyl/N-ethyl adjacent to an activating group) is 1. The second-order valence-electron chi connectivity index (χ2n) is 6.91. The second-order valence-corrected chi connectivity index (χ2v) is 6.91. The molecular weight excluding hydrogens is 443 g/mol. The number of carbonyl (C=O) groups excluding carboxylic acids is 1. The summed E-state index contributed by atoms with van der Waals surface area (Å²) in [4.78, 5) is 18.2. The van der Waals surface area contributed by atoms with Crippen LogP contribution in [0.15, 0.2) is 11.2 Å². The lowest BCUT2D eigenvalue weighted by atomic mass is 9.96. The Morgan fingerprint density at radius 3 is 2.65 bits per heavy atom. The van der Waals surface area contributed by atoms with Gasteiger partial charge in [-0.15, -0.1) is 24.0 Å². The summed E-state index contributed by atoms with van der Waals surface area (Å²) in [5.74, 6) is 0.752. The first-order valence-electron chi connectivity index (χ1n) is 9.26. The van der Waals surface area contributed by atoms with Crippen LogP contribution in [0, 0.1) is 0 Å². The minimum Gasteiger partial charge on any atom is -0.354 e. The Morgan fingerprint density at radius 1 is 1.35 bits per heavy atom. The van der Waals surface area contributed by atoms with Gasteiger partial charge in [-0.1, -0.05) is 26.2 Å². The molecule has 2 N–H and O–H groups in total. The summed E-state index contributed by atoms with van der Waals surface area (Å²) in [5, 5.41) is 11.2. The summed E-state index contributed by atoms with van der Waals surface area (Å²) in [6.45, 7) is 2.92. The number of aliphatic imine (C=N–C) groups is 1. The monoisotopic (exact) mass is 476 g/mol. The number of nitrogens with one attached hydrogen (secondary N) is 2. The van der Waals surface area contributed by atoms with Crippen molar-refractivity contribution in [2.24, 2.45) is 12.0 Å². The van der Waals surface area contributed by atoms with E-state index in [0.717, 1.165) is 30.5 Å². The molecule has 1 aromatic heterocycles. The first-order valence-corrected chi connectivity index (χ1v) is 9.26. The molecule has 148 valence electrons. The molecule has 0 radical (unpaired) electrons. The van der Waals surface area contributed by atoms with E-state index in [1.54, 1.807) is 19.0 Å². The fraction of sp³-hybridized carbons (Fsp3) is 0.722. The minimum atomic E-state index is 0. The van der Waals surface area contributed by atoms with Gasteiger partial charge in [0.2, 0.25) is 5.91 Å². The highest BCUT2D eigenvalue weighted by Crippen LogP contribution is 2.17. The quantitative estimate of drug-likeness (QED) is 0.375. The lowest BCUT2D eigenvalue weighted by molar-refractivity contribution is -0.127. The van der Waals surface area contributed by atoms with Crippen molar-refractivity contribution in [3.8, 4) is 0 Å². The van der Waals surface area contributed by atoms with Crippen molar-refractivity contribution >= 4 is 35.8 Å². The summed E-state index contributed by atoms with van der Waals surface area (Å²) in [6, 6.07) is 0.439. The third-order valence-corrected chi connectivity index (χ3v) is 4.59. The maximum Gasteiger partial charge on any atom is 0.241 e. The molecule has 8 heteroatoms. The number of aryl methyl sites for hydroxylation is 2. The topological polar surface area (TPSA) is 74.5 Å². The highest BCUT2D eigenvalue weighted by molar-refractivity contribution is 14.0. The van der Waals surface area contributed by atoms with Crippen molar-refractivity contribution < 1.29 is 4.79 Å². The van der Waals surface area contributed by atoms with Crippen LogP contribution in [0.3, 0.4) is 0 Å². The molecular formula is C18H33IN6O. The van der Waals surface area contributed by atoms with Gasteiger partial charge in [0.25, 0.3) is 0 Å². The predicted octanol–water partition coefficient (Wildman–Crippen LogP) is 2.06. The molecule has 0 saturated heterocycles. The van der Waals surface area contributed by atoms with E-state index in [1.807, 2.05) is 17.9 Å².